The van der Waals surface area contributed by atoms with Crippen molar-refractivity contribution in [3.05, 3.63) is 59.7 Å². The predicted octanol–water partition coefficient (Wildman–Crippen LogP) is 3.70. The van der Waals surface area contributed by atoms with Crippen molar-refractivity contribution in [3.8, 4) is 11.3 Å². The molecule has 4 aromatic rings. The topological polar surface area (TPSA) is 43.1 Å². The second-order valence-electron chi connectivity index (χ2n) is 5.35. The fourth-order valence-electron chi connectivity index (χ4n) is 2.79. The summed E-state index contributed by atoms with van der Waals surface area (Å²) in [5, 5.41) is 5.54. The van der Waals surface area contributed by atoms with Crippen LogP contribution in [-0.4, -0.2) is 19.6 Å². The van der Waals surface area contributed by atoms with Gasteiger partial charge in [-0.25, -0.2) is 18.9 Å². The lowest BCUT2D eigenvalue weighted by atomic mass is 10.1. The SMILES string of the molecule is Cc1cc(C)c2c(n1)nn1c(-c3ccc(F)cc3)ccnc21. The van der Waals surface area contributed by atoms with E-state index in [4.69, 9.17) is 0 Å². The Balaban J connectivity index is 2.09. The average molecular weight is 292 g/mol. The molecule has 5 heteroatoms. The van der Waals surface area contributed by atoms with E-state index in [0.29, 0.717) is 5.65 Å². The van der Waals surface area contributed by atoms with Crippen LogP contribution in [0.5, 0.6) is 0 Å². The number of hydrogen-bond donors (Lipinski definition) is 0. The molecule has 4 nitrogen and oxygen atoms in total. The normalized spacial score (nSPS) is 11.4. The molecule has 0 aliphatic carbocycles. The number of nitrogens with zero attached hydrogens (tertiary/aromatic N) is 4. The number of benzene rings is 1. The van der Waals surface area contributed by atoms with Gasteiger partial charge in [-0.3, -0.25) is 0 Å². The van der Waals surface area contributed by atoms with Crippen LogP contribution >= 0.6 is 0 Å². The maximum Gasteiger partial charge on any atom is 0.184 e. The molecule has 22 heavy (non-hydrogen) atoms. The largest absolute Gasteiger partial charge is 0.236 e. The van der Waals surface area contributed by atoms with Gasteiger partial charge in [0.25, 0.3) is 0 Å². The van der Waals surface area contributed by atoms with Gasteiger partial charge in [-0.05, 0) is 55.8 Å². The third kappa shape index (κ3) is 1.86. The number of rotatable bonds is 1. The van der Waals surface area contributed by atoms with E-state index in [9.17, 15) is 4.39 Å². The Morgan fingerprint density at radius 2 is 1.82 bits per heavy atom. The summed E-state index contributed by atoms with van der Waals surface area (Å²) in [4.78, 5) is 8.94. The first kappa shape index (κ1) is 12.9. The zero-order valence-corrected chi connectivity index (χ0v) is 12.2. The minimum Gasteiger partial charge on any atom is -0.236 e. The van der Waals surface area contributed by atoms with Crippen LogP contribution in [0.25, 0.3) is 27.9 Å². The van der Waals surface area contributed by atoms with Gasteiger partial charge < -0.3 is 0 Å². The van der Waals surface area contributed by atoms with E-state index in [2.05, 4.69) is 15.1 Å². The highest BCUT2D eigenvalue weighted by Crippen LogP contribution is 2.26. The fourth-order valence-corrected chi connectivity index (χ4v) is 2.79. The Morgan fingerprint density at radius 3 is 2.59 bits per heavy atom. The first-order valence-corrected chi connectivity index (χ1v) is 7.01. The Bertz CT molecular complexity index is 1000. The van der Waals surface area contributed by atoms with E-state index in [1.54, 1.807) is 22.8 Å². The number of aryl methyl sites for hydroxylation is 2. The molecule has 4 rings (SSSR count). The van der Waals surface area contributed by atoms with Crippen LogP contribution in [0.15, 0.2) is 42.6 Å². The van der Waals surface area contributed by atoms with Crippen LogP contribution in [0.4, 0.5) is 4.39 Å². The third-order valence-corrected chi connectivity index (χ3v) is 3.74. The van der Waals surface area contributed by atoms with Crippen molar-refractivity contribution >= 4 is 16.7 Å². The van der Waals surface area contributed by atoms with Crippen molar-refractivity contribution in [1.29, 1.82) is 0 Å². The minimum atomic E-state index is -0.257. The van der Waals surface area contributed by atoms with Crippen molar-refractivity contribution in [2.45, 2.75) is 13.8 Å². The van der Waals surface area contributed by atoms with Crippen LogP contribution in [0, 0.1) is 19.7 Å². The summed E-state index contributed by atoms with van der Waals surface area (Å²) in [6.45, 7) is 3.98. The number of halogens is 1. The zero-order valence-electron chi connectivity index (χ0n) is 12.2. The molecule has 108 valence electrons. The van der Waals surface area contributed by atoms with Gasteiger partial charge in [-0.1, -0.05) is 0 Å². The van der Waals surface area contributed by atoms with Crippen molar-refractivity contribution in [1.82, 2.24) is 19.6 Å². The van der Waals surface area contributed by atoms with Crippen LogP contribution in [0.3, 0.4) is 0 Å². The van der Waals surface area contributed by atoms with Crippen molar-refractivity contribution in [3.63, 3.8) is 0 Å². The van der Waals surface area contributed by atoms with Crippen LogP contribution in [0.2, 0.25) is 0 Å². The quantitative estimate of drug-likeness (QED) is 0.537. The van der Waals surface area contributed by atoms with Crippen LogP contribution < -0.4 is 0 Å². The number of fused-ring (bicyclic) bond motifs is 3. The van der Waals surface area contributed by atoms with E-state index >= 15 is 0 Å². The van der Waals surface area contributed by atoms with E-state index in [0.717, 1.165) is 33.5 Å². The number of aromatic nitrogens is 4. The van der Waals surface area contributed by atoms with Crippen LogP contribution in [-0.2, 0) is 0 Å². The van der Waals surface area contributed by atoms with E-state index in [-0.39, 0.29) is 5.82 Å². The Hall–Kier alpha value is -2.82. The molecule has 3 heterocycles. The lowest BCUT2D eigenvalue weighted by Crippen LogP contribution is -1.95. The molecule has 0 bridgehead atoms. The first-order chi connectivity index (χ1) is 10.6. The van der Waals surface area contributed by atoms with Gasteiger partial charge in [-0.2, -0.15) is 0 Å². The molecule has 0 atom stereocenters. The minimum absolute atomic E-state index is 0.257. The highest BCUT2D eigenvalue weighted by molar-refractivity contribution is 5.93. The summed E-state index contributed by atoms with van der Waals surface area (Å²) in [6.07, 6.45) is 1.74. The van der Waals surface area contributed by atoms with E-state index in [1.165, 1.54) is 12.1 Å². The zero-order chi connectivity index (χ0) is 15.3. The van der Waals surface area contributed by atoms with E-state index in [1.807, 2.05) is 26.0 Å². The maximum absolute atomic E-state index is 13.1. The molecule has 0 N–H and O–H groups in total. The second-order valence-corrected chi connectivity index (χ2v) is 5.35. The molecule has 0 aliphatic rings. The van der Waals surface area contributed by atoms with Crippen molar-refractivity contribution in [2.75, 3.05) is 0 Å². The smallest absolute Gasteiger partial charge is 0.184 e. The molecular formula is C17H13FN4. The molecule has 0 saturated carbocycles. The lowest BCUT2D eigenvalue weighted by Gasteiger charge is -2.04. The molecule has 0 unspecified atom stereocenters. The van der Waals surface area contributed by atoms with Gasteiger partial charge in [0.05, 0.1) is 11.1 Å². The van der Waals surface area contributed by atoms with Gasteiger partial charge in [0.2, 0.25) is 0 Å². The number of hydrogen-bond acceptors (Lipinski definition) is 3. The summed E-state index contributed by atoms with van der Waals surface area (Å²) < 4.78 is 14.9. The fraction of sp³-hybridized carbons (Fsp3) is 0.118. The lowest BCUT2D eigenvalue weighted by molar-refractivity contribution is 0.628. The van der Waals surface area contributed by atoms with Gasteiger partial charge in [0, 0.05) is 17.5 Å². The van der Waals surface area contributed by atoms with Crippen molar-refractivity contribution in [2.24, 2.45) is 0 Å². The highest BCUT2D eigenvalue weighted by Gasteiger charge is 2.14. The molecule has 0 amide bonds. The second kappa shape index (κ2) is 4.59. The Morgan fingerprint density at radius 1 is 1.05 bits per heavy atom. The molecule has 0 fully saturated rings. The molecular weight excluding hydrogens is 279 g/mol. The van der Waals surface area contributed by atoms with Crippen molar-refractivity contribution < 1.29 is 4.39 Å². The number of pyridine rings is 1. The Labute approximate surface area is 126 Å². The summed E-state index contributed by atoms with van der Waals surface area (Å²) in [7, 11) is 0. The molecule has 1 aromatic carbocycles. The van der Waals surface area contributed by atoms with Crippen LogP contribution in [0.1, 0.15) is 11.3 Å². The summed E-state index contributed by atoms with van der Waals surface area (Å²) in [5.41, 5.74) is 5.22. The Kier molecular flexibility index (Phi) is 2.69. The standard InChI is InChI=1S/C17H13FN4/c1-10-9-11(2)20-16-15(10)17-19-8-7-14(22(17)21-16)12-3-5-13(18)6-4-12/h3-9H,1-2H3. The van der Waals surface area contributed by atoms with Gasteiger partial charge in [0.1, 0.15) is 5.82 Å². The third-order valence-electron chi connectivity index (χ3n) is 3.74. The molecule has 0 aliphatic heterocycles. The molecule has 0 radical (unpaired) electrons. The summed E-state index contributed by atoms with van der Waals surface area (Å²) in [6, 6.07) is 10.3. The monoisotopic (exact) mass is 292 g/mol. The van der Waals surface area contributed by atoms with Gasteiger partial charge in [-0.15, -0.1) is 5.10 Å². The summed E-state index contributed by atoms with van der Waals surface area (Å²) in [5.74, 6) is -0.257. The highest BCUT2D eigenvalue weighted by atomic mass is 19.1. The average Bonchev–Trinajstić information content (AvgIpc) is 2.86. The van der Waals surface area contributed by atoms with Gasteiger partial charge in [0.15, 0.2) is 11.3 Å². The van der Waals surface area contributed by atoms with E-state index < -0.39 is 0 Å². The van der Waals surface area contributed by atoms with Gasteiger partial charge >= 0.3 is 0 Å². The first-order valence-electron chi connectivity index (χ1n) is 7.01. The summed E-state index contributed by atoms with van der Waals surface area (Å²) >= 11 is 0. The predicted molar refractivity (Wildman–Crippen MR) is 83.2 cm³/mol. The maximum atomic E-state index is 13.1. The molecule has 0 saturated heterocycles. The molecule has 0 spiro atoms. The molecule has 3 aromatic heterocycles.